The van der Waals surface area contributed by atoms with E-state index in [-0.39, 0.29) is 60.9 Å². The summed E-state index contributed by atoms with van der Waals surface area (Å²) in [5, 5.41) is 0. The topological polar surface area (TPSA) is 105 Å². The Balaban J connectivity index is 2.28. The Morgan fingerprint density at radius 3 is 1.35 bits per heavy atom. The van der Waals surface area contributed by atoms with Crippen molar-refractivity contribution in [3.8, 4) is 0 Å². The van der Waals surface area contributed by atoms with Crippen molar-refractivity contribution in [2.24, 2.45) is 0 Å². The molecule has 0 radical (unpaired) electrons. The van der Waals surface area contributed by atoms with Crippen LogP contribution in [-0.4, -0.2) is 77.8 Å². The minimum atomic E-state index is -4.68. The van der Waals surface area contributed by atoms with Crippen LogP contribution >= 0.6 is 0 Å². The molecule has 0 spiro atoms. The van der Waals surface area contributed by atoms with Crippen LogP contribution < -0.4 is 0 Å². The average Bonchev–Trinajstić information content (AvgIpc) is 2.47. The molecule has 0 bridgehead atoms. The maximum Gasteiger partial charge on any atom is 0.436 e. The molecule has 0 N–H and O–H groups in total. The van der Waals surface area contributed by atoms with Crippen LogP contribution in [0.15, 0.2) is 0 Å². The van der Waals surface area contributed by atoms with E-state index in [0.717, 1.165) is 0 Å². The van der Waals surface area contributed by atoms with Crippen LogP contribution in [0.4, 0.5) is 0 Å². The Labute approximate surface area is 137 Å². The first-order chi connectivity index (χ1) is 10.5. The molecule has 2 aliphatic heterocycles. The molecular weight excluding hydrogens is 368 g/mol. The third-order valence-corrected chi connectivity index (χ3v) is 15.5. The van der Waals surface area contributed by atoms with Crippen molar-refractivity contribution in [1.29, 1.82) is 0 Å². The monoisotopic (exact) mass is 394 g/mol. The zero-order valence-corrected chi connectivity index (χ0v) is 16.0. The summed E-state index contributed by atoms with van der Waals surface area (Å²) < 4.78 is 71.9. The molecule has 0 saturated carbocycles. The fraction of sp³-hybridized carbons (Fsp3) is 1.00. The molecule has 0 unspecified atom stereocenters. The summed E-state index contributed by atoms with van der Waals surface area (Å²) in [5.41, 5.74) is 0. The SMILES string of the molecule is CCS1(=O)(OS(=O)(=O)OS2(=O)(CC)CCOCC2)CCOCC1. The lowest BCUT2D eigenvalue weighted by atomic mass is 10.8. The fourth-order valence-corrected chi connectivity index (χ4v) is 11.7. The van der Waals surface area contributed by atoms with Crippen LogP contribution in [0.25, 0.3) is 0 Å². The standard InChI is InChI=1S/C12H26O8S3/c1-3-22(15,9-5-17-6-10-22)19-21(13,14)20-23(16,4-2)11-7-18-8-12-23/h3-12H2,1-2H3. The Morgan fingerprint density at radius 2 is 1.09 bits per heavy atom. The predicted octanol–water partition coefficient (Wildman–Crippen LogP) is -0.165. The molecule has 2 rings (SSSR count). The summed E-state index contributed by atoms with van der Waals surface area (Å²) in [5.74, 6) is 0.0841. The second-order valence-corrected chi connectivity index (χ2v) is 16.2. The summed E-state index contributed by atoms with van der Waals surface area (Å²) >= 11 is 0. The van der Waals surface area contributed by atoms with Crippen molar-refractivity contribution >= 4 is 29.1 Å². The van der Waals surface area contributed by atoms with Crippen LogP contribution in [-0.2, 0) is 45.8 Å². The van der Waals surface area contributed by atoms with Gasteiger partial charge in [0.15, 0.2) is 0 Å². The molecule has 0 atom stereocenters. The first-order valence-corrected chi connectivity index (χ1v) is 13.8. The van der Waals surface area contributed by atoms with Gasteiger partial charge >= 0.3 is 10.4 Å². The highest BCUT2D eigenvalue weighted by Crippen LogP contribution is 2.38. The van der Waals surface area contributed by atoms with Crippen LogP contribution in [0.5, 0.6) is 0 Å². The molecule has 23 heavy (non-hydrogen) atoms. The van der Waals surface area contributed by atoms with Crippen LogP contribution in [0.3, 0.4) is 0 Å². The van der Waals surface area contributed by atoms with Gasteiger partial charge in [0, 0.05) is 11.5 Å². The molecule has 0 aliphatic carbocycles. The Hall–Kier alpha value is 0.0900. The van der Waals surface area contributed by atoms with Gasteiger partial charge in [0.05, 0.1) is 49.4 Å². The van der Waals surface area contributed by atoms with E-state index in [1.165, 1.54) is 0 Å². The van der Waals surface area contributed by atoms with Crippen molar-refractivity contribution in [1.82, 2.24) is 0 Å². The van der Waals surface area contributed by atoms with E-state index < -0.39 is 29.1 Å². The highest BCUT2D eigenvalue weighted by molar-refractivity contribution is 8.23. The minimum Gasteiger partial charge on any atom is -0.378 e. The van der Waals surface area contributed by atoms with E-state index in [4.69, 9.17) is 16.7 Å². The quantitative estimate of drug-likeness (QED) is 0.612. The van der Waals surface area contributed by atoms with Crippen molar-refractivity contribution in [2.45, 2.75) is 13.8 Å². The molecular formula is C12H26O8S3. The number of hydrogen-bond donors (Lipinski definition) is 0. The summed E-state index contributed by atoms with van der Waals surface area (Å²) in [6.45, 7) is 3.87. The summed E-state index contributed by atoms with van der Waals surface area (Å²) in [4.78, 5) is 0. The molecule has 0 aromatic heterocycles. The number of hydrogen-bond acceptors (Lipinski definition) is 8. The van der Waals surface area contributed by atoms with Gasteiger partial charge in [-0.15, -0.1) is 7.26 Å². The van der Waals surface area contributed by atoms with Crippen molar-refractivity contribution in [2.75, 3.05) is 60.9 Å². The van der Waals surface area contributed by atoms with Gasteiger partial charge in [-0.2, -0.15) is 27.1 Å². The highest BCUT2D eigenvalue weighted by atomic mass is 32.4. The lowest BCUT2D eigenvalue weighted by Crippen LogP contribution is -2.55. The first kappa shape index (κ1) is 19.4. The number of rotatable bonds is 6. The summed E-state index contributed by atoms with van der Waals surface area (Å²) in [6, 6.07) is 0. The average molecular weight is 395 g/mol. The second-order valence-electron chi connectivity index (χ2n) is 5.94. The van der Waals surface area contributed by atoms with Gasteiger partial charge in [-0.25, -0.2) is 8.42 Å². The number of ether oxygens (including phenoxy) is 2. The van der Waals surface area contributed by atoms with Gasteiger partial charge < -0.3 is 9.47 Å². The molecule has 0 aromatic carbocycles. The maximum absolute atomic E-state index is 13.3. The largest absolute Gasteiger partial charge is 0.436 e. The second kappa shape index (κ2) is 6.11. The van der Waals surface area contributed by atoms with Crippen molar-refractivity contribution in [3.63, 3.8) is 0 Å². The van der Waals surface area contributed by atoms with Gasteiger partial charge in [-0.3, -0.25) is 0 Å². The van der Waals surface area contributed by atoms with Gasteiger partial charge in [0.1, 0.15) is 0 Å². The molecule has 11 heteroatoms. The molecule has 8 nitrogen and oxygen atoms in total. The zero-order chi connectivity index (χ0) is 17.3. The molecule has 2 aliphatic rings. The van der Waals surface area contributed by atoms with E-state index in [1.807, 2.05) is 0 Å². The van der Waals surface area contributed by atoms with Crippen LogP contribution in [0.2, 0.25) is 0 Å². The molecule has 140 valence electrons. The highest BCUT2D eigenvalue weighted by Gasteiger charge is 2.44. The zero-order valence-electron chi connectivity index (χ0n) is 13.6. The molecule has 0 aromatic rings. The van der Waals surface area contributed by atoms with Crippen molar-refractivity contribution in [3.05, 3.63) is 0 Å². The third kappa shape index (κ3) is 4.20. The van der Waals surface area contributed by atoms with Gasteiger partial charge in [-0.1, -0.05) is 0 Å². The Morgan fingerprint density at radius 1 is 0.783 bits per heavy atom. The predicted molar refractivity (Wildman–Crippen MR) is 89.6 cm³/mol. The summed E-state index contributed by atoms with van der Waals surface area (Å²) in [6.07, 6.45) is 0. The van der Waals surface area contributed by atoms with E-state index in [2.05, 4.69) is 0 Å². The van der Waals surface area contributed by atoms with Crippen LogP contribution in [0.1, 0.15) is 13.8 Å². The smallest absolute Gasteiger partial charge is 0.378 e. The minimum absolute atomic E-state index is 0.00213. The Bertz CT molecular complexity index is 608. The molecule has 2 saturated heterocycles. The van der Waals surface area contributed by atoms with E-state index in [9.17, 15) is 16.8 Å². The lowest BCUT2D eigenvalue weighted by molar-refractivity contribution is 0.150. The van der Waals surface area contributed by atoms with Crippen molar-refractivity contribution < 1.29 is 33.6 Å². The molecule has 0 amide bonds. The Kier molecular flexibility index (Phi) is 5.16. The van der Waals surface area contributed by atoms with Gasteiger partial charge in [0.2, 0.25) is 0 Å². The fourth-order valence-electron chi connectivity index (χ4n) is 2.63. The normalized spacial score (nSPS) is 32.6. The third-order valence-electron chi connectivity index (χ3n) is 4.53. The first-order valence-electron chi connectivity index (χ1n) is 7.63. The molecule has 2 heterocycles. The van der Waals surface area contributed by atoms with E-state index >= 15 is 0 Å². The lowest BCUT2D eigenvalue weighted by Gasteiger charge is -2.51. The molecule has 2 fully saturated rings. The maximum atomic E-state index is 13.3. The van der Waals surface area contributed by atoms with E-state index in [1.54, 1.807) is 13.8 Å². The summed E-state index contributed by atoms with van der Waals surface area (Å²) in [7, 11) is -12.5. The van der Waals surface area contributed by atoms with Crippen LogP contribution in [0, 0.1) is 0 Å². The van der Waals surface area contributed by atoms with Gasteiger partial charge in [-0.05, 0) is 13.8 Å². The van der Waals surface area contributed by atoms with Gasteiger partial charge in [0.25, 0.3) is 0 Å². The van der Waals surface area contributed by atoms with E-state index in [0.29, 0.717) is 0 Å².